The van der Waals surface area contributed by atoms with E-state index in [0.29, 0.717) is 0 Å². The van der Waals surface area contributed by atoms with Crippen LogP contribution in [0.4, 0.5) is 0 Å². The van der Waals surface area contributed by atoms with Gasteiger partial charge in [-0.25, -0.2) is 19.9 Å². The highest BCUT2D eigenvalue weighted by molar-refractivity contribution is 6.30. The van der Waals surface area contributed by atoms with Crippen molar-refractivity contribution in [3.8, 4) is 78.4 Å². The molecular weight excluding hydrogens is 873 g/mol. The summed E-state index contributed by atoms with van der Waals surface area (Å²) in [4.78, 5) is 21.4. The zero-order valence-electron chi connectivity index (χ0n) is 39.0. The molecule has 0 aliphatic heterocycles. The molecule has 0 aliphatic rings. The molecule has 0 saturated carbocycles. The first-order valence-electron chi connectivity index (χ1n) is 24.5. The van der Waals surface area contributed by atoms with E-state index < -0.39 is 0 Å². The average Bonchev–Trinajstić information content (AvgIpc) is 3.46. The first-order chi connectivity index (χ1) is 35.7. The maximum atomic E-state index is 5.42. The summed E-state index contributed by atoms with van der Waals surface area (Å²) in [5, 5.41) is 9.47. The quantitative estimate of drug-likeness (QED) is 0.150. The van der Waals surface area contributed by atoms with Crippen LogP contribution in [0.3, 0.4) is 0 Å². The number of fused-ring (bicyclic) bond motifs is 6. The predicted octanol–water partition coefficient (Wildman–Crippen LogP) is 17.9. The molecule has 0 amide bonds. The highest BCUT2D eigenvalue weighted by atomic mass is 14.8. The zero-order valence-corrected chi connectivity index (χ0v) is 39.0. The van der Waals surface area contributed by atoms with Gasteiger partial charge in [0.15, 0.2) is 0 Å². The molecule has 14 rings (SSSR count). The summed E-state index contributed by atoms with van der Waals surface area (Å²) >= 11 is 0. The second-order valence-corrected chi connectivity index (χ2v) is 18.4. The Morgan fingerprint density at radius 2 is 0.389 bits per heavy atom. The standard InChI is InChI=1S/C68H42N4/c1-5-21-43(22-6-1)65-67(45-25-9-3-10-26-45)71-59-41-47(37-39-57(59)69-65)61-49-29-13-17-33-53(49)63(54-34-18-14-30-50(54)61)64-55-35-19-15-31-51(55)62(52-32-16-20-36-56(52)64)48-38-40-58-60(42-48)72-68(46-27-11-4-12-28-46)66(70-58)44-23-7-2-8-24-44/h1-42H. The third kappa shape index (κ3) is 6.84. The Kier molecular flexibility index (Phi) is 9.82. The number of nitrogens with zero attached hydrogens (tertiary/aromatic N) is 4. The van der Waals surface area contributed by atoms with E-state index in [2.05, 4.69) is 231 Å². The van der Waals surface area contributed by atoms with Crippen molar-refractivity contribution in [2.24, 2.45) is 0 Å². The van der Waals surface area contributed by atoms with Gasteiger partial charge in [-0.3, -0.25) is 0 Å². The zero-order chi connectivity index (χ0) is 47.5. The summed E-state index contributed by atoms with van der Waals surface area (Å²) < 4.78 is 0. The van der Waals surface area contributed by atoms with E-state index in [9.17, 15) is 0 Å². The van der Waals surface area contributed by atoms with Gasteiger partial charge in [0.2, 0.25) is 0 Å². The van der Waals surface area contributed by atoms with E-state index in [-0.39, 0.29) is 0 Å². The van der Waals surface area contributed by atoms with Crippen LogP contribution >= 0.6 is 0 Å². The molecule has 0 fully saturated rings. The third-order valence-electron chi connectivity index (χ3n) is 14.2. The SMILES string of the molecule is c1ccc(-c2nc3ccc(-c4c5ccccc5c(-c5c6ccccc6c(-c6ccc7nc(-c8ccccc8)c(-c8ccccc8)nc7c6)c6ccccc56)c5ccccc45)cc3nc2-c2ccccc2)cc1. The Morgan fingerprint density at radius 3 is 0.653 bits per heavy atom. The molecule has 12 aromatic carbocycles. The molecule has 334 valence electrons. The average molecular weight is 915 g/mol. The van der Waals surface area contributed by atoms with E-state index >= 15 is 0 Å². The summed E-state index contributed by atoms with van der Waals surface area (Å²) in [6.45, 7) is 0. The predicted molar refractivity (Wildman–Crippen MR) is 301 cm³/mol. The Labute approximate surface area is 416 Å². The van der Waals surface area contributed by atoms with Crippen LogP contribution < -0.4 is 0 Å². The molecule has 4 heteroatoms. The second-order valence-electron chi connectivity index (χ2n) is 18.4. The van der Waals surface area contributed by atoms with Crippen molar-refractivity contribution >= 4 is 65.2 Å². The lowest BCUT2D eigenvalue weighted by molar-refractivity contribution is 1.29. The molecule has 0 spiro atoms. The highest BCUT2D eigenvalue weighted by Gasteiger charge is 2.24. The smallest absolute Gasteiger partial charge is 0.0973 e. The van der Waals surface area contributed by atoms with E-state index in [4.69, 9.17) is 19.9 Å². The van der Waals surface area contributed by atoms with Gasteiger partial charge < -0.3 is 0 Å². The molecule has 0 unspecified atom stereocenters. The van der Waals surface area contributed by atoms with Gasteiger partial charge in [0, 0.05) is 22.3 Å². The van der Waals surface area contributed by atoms with Crippen LogP contribution in [0.2, 0.25) is 0 Å². The summed E-state index contributed by atoms with van der Waals surface area (Å²) in [5.74, 6) is 0. The Hall–Kier alpha value is -9.64. The monoisotopic (exact) mass is 914 g/mol. The van der Waals surface area contributed by atoms with Crippen molar-refractivity contribution in [2.75, 3.05) is 0 Å². The molecule has 72 heavy (non-hydrogen) atoms. The van der Waals surface area contributed by atoms with Crippen molar-refractivity contribution in [3.63, 3.8) is 0 Å². The number of aromatic nitrogens is 4. The molecule has 2 aromatic heterocycles. The van der Waals surface area contributed by atoms with Gasteiger partial charge in [-0.1, -0.05) is 231 Å². The normalized spacial score (nSPS) is 11.6. The van der Waals surface area contributed by atoms with E-state index in [1.165, 1.54) is 65.3 Å². The number of hydrogen-bond acceptors (Lipinski definition) is 4. The topological polar surface area (TPSA) is 51.6 Å². The van der Waals surface area contributed by atoms with Crippen molar-refractivity contribution in [2.45, 2.75) is 0 Å². The Balaban J connectivity index is 0.989. The van der Waals surface area contributed by atoms with Crippen LogP contribution in [0.5, 0.6) is 0 Å². The molecule has 0 saturated heterocycles. The highest BCUT2D eigenvalue weighted by Crippen LogP contribution is 2.50. The lowest BCUT2D eigenvalue weighted by Crippen LogP contribution is -1.97. The fraction of sp³-hybridized carbons (Fsp3) is 0. The Morgan fingerprint density at radius 1 is 0.167 bits per heavy atom. The van der Waals surface area contributed by atoms with Gasteiger partial charge in [0.05, 0.1) is 44.8 Å². The Bertz CT molecular complexity index is 4020. The molecule has 14 aromatic rings. The summed E-state index contributed by atoms with van der Waals surface area (Å²) in [6.07, 6.45) is 0. The minimum Gasteiger partial charge on any atom is -0.244 e. The van der Waals surface area contributed by atoms with Gasteiger partial charge in [-0.2, -0.15) is 0 Å². The number of rotatable bonds is 7. The molecule has 0 atom stereocenters. The molecule has 0 aliphatic carbocycles. The van der Waals surface area contributed by atoms with Crippen molar-refractivity contribution in [3.05, 3.63) is 255 Å². The maximum absolute atomic E-state index is 5.42. The van der Waals surface area contributed by atoms with Crippen LogP contribution in [-0.2, 0) is 0 Å². The second kappa shape index (κ2) is 17.1. The lowest BCUT2D eigenvalue weighted by Gasteiger charge is -2.22. The molecule has 0 bridgehead atoms. The first kappa shape index (κ1) is 41.3. The van der Waals surface area contributed by atoms with Crippen LogP contribution in [0, 0.1) is 0 Å². The summed E-state index contributed by atoms with van der Waals surface area (Å²) in [7, 11) is 0. The van der Waals surface area contributed by atoms with Crippen molar-refractivity contribution in [1.29, 1.82) is 0 Å². The minimum absolute atomic E-state index is 0.850. The molecule has 2 heterocycles. The van der Waals surface area contributed by atoms with Gasteiger partial charge in [-0.05, 0) is 101 Å². The van der Waals surface area contributed by atoms with Gasteiger partial charge >= 0.3 is 0 Å². The van der Waals surface area contributed by atoms with Crippen LogP contribution in [0.1, 0.15) is 0 Å². The maximum Gasteiger partial charge on any atom is 0.0973 e. The third-order valence-corrected chi connectivity index (χ3v) is 14.2. The molecule has 0 radical (unpaired) electrons. The molecular formula is C68H42N4. The number of benzene rings is 12. The molecule has 0 N–H and O–H groups in total. The van der Waals surface area contributed by atoms with E-state index in [1.807, 2.05) is 24.3 Å². The minimum atomic E-state index is 0.850. The van der Waals surface area contributed by atoms with Crippen LogP contribution in [-0.4, -0.2) is 19.9 Å². The fourth-order valence-corrected chi connectivity index (χ4v) is 11.0. The van der Waals surface area contributed by atoms with Crippen LogP contribution in [0.15, 0.2) is 255 Å². The first-order valence-corrected chi connectivity index (χ1v) is 24.5. The summed E-state index contributed by atoms with van der Waals surface area (Å²) in [5.41, 5.74) is 18.0. The largest absolute Gasteiger partial charge is 0.244 e. The summed E-state index contributed by atoms with van der Waals surface area (Å²) in [6, 6.07) is 90.4. The molecule has 4 nitrogen and oxygen atoms in total. The number of hydrogen-bond donors (Lipinski definition) is 0. The van der Waals surface area contributed by atoms with Crippen LogP contribution in [0.25, 0.3) is 144 Å². The van der Waals surface area contributed by atoms with Gasteiger partial charge in [0.25, 0.3) is 0 Å². The lowest BCUT2D eigenvalue weighted by atomic mass is 9.81. The van der Waals surface area contributed by atoms with Crippen molar-refractivity contribution in [1.82, 2.24) is 19.9 Å². The fourth-order valence-electron chi connectivity index (χ4n) is 11.0. The van der Waals surface area contributed by atoms with E-state index in [0.717, 1.165) is 78.2 Å². The van der Waals surface area contributed by atoms with Gasteiger partial charge in [-0.15, -0.1) is 0 Å². The van der Waals surface area contributed by atoms with Crippen molar-refractivity contribution < 1.29 is 0 Å². The van der Waals surface area contributed by atoms with Gasteiger partial charge in [0.1, 0.15) is 0 Å². The van der Waals surface area contributed by atoms with E-state index in [1.54, 1.807) is 0 Å².